The second-order valence-electron chi connectivity index (χ2n) is 19.0. The summed E-state index contributed by atoms with van der Waals surface area (Å²) in [5.41, 5.74) is 5.70. The van der Waals surface area contributed by atoms with Crippen molar-refractivity contribution in [2.45, 2.75) is 52.2 Å². The van der Waals surface area contributed by atoms with Crippen LogP contribution in [0.1, 0.15) is 53.9 Å². The summed E-state index contributed by atoms with van der Waals surface area (Å²) >= 11 is 0. The Hall–Kier alpha value is -8.18. The fourth-order valence-electron chi connectivity index (χ4n) is 9.34. The van der Waals surface area contributed by atoms with Crippen LogP contribution in [0, 0.1) is 5.92 Å². The fraction of sp³-hybridized carbons (Fsp3) is 0.393. The number of carbonyl (C=O) groups excluding carboxylic acids is 8. The number of phenolic OH excluding ortho intramolecular Hbond substituents is 1. The van der Waals surface area contributed by atoms with E-state index in [2.05, 4.69) is 26.3 Å². The number of aromatic amines is 1. The smallest absolute Gasteiger partial charge is 0.414 e. The number of benzene rings is 4. The zero-order valence-electron chi connectivity index (χ0n) is 43.6. The lowest BCUT2D eigenvalue weighted by molar-refractivity contribution is -0.137. The number of anilines is 3. The van der Waals surface area contributed by atoms with Crippen molar-refractivity contribution >= 4 is 86.2 Å². The number of H-pyrrole nitrogens is 1. The van der Waals surface area contributed by atoms with Gasteiger partial charge < -0.3 is 59.9 Å². The monoisotopic (exact) mass is 1070 g/mol. The first kappa shape index (κ1) is 56.0. The number of aromatic nitrogens is 1. The van der Waals surface area contributed by atoms with Crippen molar-refractivity contribution in [3.05, 3.63) is 107 Å². The number of ether oxygens (including phenoxy) is 5. The van der Waals surface area contributed by atoms with E-state index >= 15 is 0 Å². The number of hydrogen-bond acceptors (Lipinski definition) is 14. The summed E-state index contributed by atoms with van der Waals surface area (Å²) in [6.07, 6.45) is 3.09. The van der Waals surface area contributed by atoms with Gasteiger partial charge in [0.2, 0.25) is 23.6 Å². The number of rotatable bonds is 27. The number of fused-ring (bicyclic) bond motifs is 6. The first-order chi connectivity index (χ1) is 37.7. The fourth-order valence-corrected chi connectivity index (χ4v) is 9.34. The summed E-state index contributed by atoms with van der Waals surface area (Å²) in [6, 6.07) is 20.7. The maximum Gasteiger partial charge on any atom is 0.414 e. The molecule has 0 saturated heterocycles. The van der Waals surface area contributed by atoms with Gasteiger partial charge in [-0.25, -0.2) is 4.79 Å². The van der Waals surface area contributed by atoms with Crippen molar-refractivity contribution in [3.8, 4) is 5.75 Å². The predicted octanol–water partition coefficient (Wildman–Crippen LogP) is 4.01. The summed E-state index contributed by atoms with van der Waals surface area (Å²) in [5, 5.41) is 24.0. The van der Waals surface area contributed by atoms with Gasteiger partial charge in [0, 0.05) is 79.2 Å². The molecule has 0 bridgehead atoms. The minimum atomic E-state index is -0.886. The van der Waals surface area contributed by atoms with Gasteiger partial charge in [0.05, 0.1) is 70.8 Å². The second kappa shape index (κ2) is 26.7. The van der Waals surface area contributed by atoms with Crippen LogP contribution in [0.2, 0.25) is 0 Å². The van der Waals surface area contributed by atoms with E-state index in [1.54, 1.807) is 54.0 Å². The van der Waals surface area contributed by atoms with Crippen molar-refractivity contribution in [1.82, 2.24) is 25.8 Å². The highest BCUT2D eigenvalue weighted by atomic mass is 16.6. The van der Waals surface area contributed by atoms with Crippen LogP contribution < -0.4 is 31.1 Å². The van der Waals surface area contributed by atoms with Gasteiger partial charge in [0.15, 0.2) is 0 Å². The van der Waals surface area contributed by atoms with E-state index in [1.165, 1.54) is 12.2 Å². The molecule has 0 saturated carbocycles. The molecule has 8 amide bonds. The van der Waals surface area contributed by atoms with E-state index in [-0.39, 0.29) is 89.0 Å². The van der Waals surface area contributed by atoms with E-state index < -0.39 is 41.7 Å². The van der Waals surface area contributed by atoms with Gasteiger partial charge in [-0.3, -0.25) is 43.4 Å². The molecule has 78 heavy (non-hydrogen) atoms. The van der Waals surface area contributed by atoms with Crippen LogP contribution in [-0.2, 0) is 71.9 Å². The van der Waals surface area contributed by atoms with Crippen molar-refractivity contribution in [1.29, 1.82) is 0 Å². The lowest BCUT2D eigenvalue weighted by Gasteiger charge is -2.21. The first-order valence-electron chi connectivity index (χ1n) is 26.0. The maximum absolute atomic E-state index is 13.9. The summed E-state index contributed by atoms with van der Waals surface area (Å²) in [5.74, 6) is -2.88. The molecule has 0 spiro atoms. The van der Waals surface area contributed by atoms with Gasteiger partial charge in [-0.15, -0.1) is 0 Å². The molecule has 1 aromatic heterocycles. The molecule has 8 rings (SSSR count). The Bertz CT molecular complexity index is 3050. The molecular formula is C56H64N8O14. The number of nitrogens with one attached hydrogen (secondary N) is 5. The molecule has 0 radical (unpaired) electrons. The van der Waals surface area contributed by atoms with E-state index in [1.807, 2.05) is 42.5 Å². The van der Waals surface area contributed by atoms with Gasteiger partial charge in [-0.05, 0) is 71.2 Å². The highest BCUT2D eigenvalue weighted by Gasteiger charge is 2.32. The molecule has 0 aliphatic carbocycles. The second-order valence-corrected chi connectivity index (χ2v) is 19.0. The minimum absolute atomic E-state index is 0.00854. The van der Waals surface area contributed by atoms with Crippen LogP contribution in [-0.4, -0.2) is 154 Å². The van der Waals surface area contributed by atoms with Crippen LogP contribution in [0.5, 0.6) is 5.75 Å². The number of carbonyl (C=O) groups is 8. The number of aromatic hydroxyl groups is 1. The SMILES string of the molecule is CC(C)[C@H](NC(=O)CCOCCOCCOCCOCCNC(=O)CCN1C(=O)C=CC1=O)C(=O)NCC(=O)Nc1ccc(COC(=O)N2CCc3c2ccc2[nH]c(C(=O)N4CCc5c4cc(O)c4ccccc54)cc32)cc1. The van der Waals surface area contributed by atoms with Crippen LogP contribution in [0.3, 0.4) is 0 Å². The number of phenols is 1. The third-order valence-corrected chi connectivity index (χ3v) is 13.4. The Morgan fingerprint density at radius 3 is 2.00 bits per heavy atom. The topological polar surface area (TPSA) is 277 Å². The van der Waals surface area contributed by atoms with Crippen LogP contribution >= 0.6 is 0 Å². The molecule has 0 fully saturated rings. The van der Waals surface area contributed by atoms with Crippen LogP contribution in [0.15, 0.2) is 84.9 Å². The number of nitrogens with zero attached hydrogens (tertiary/aromatic N) is 3. The van der Waals surface area contributed by atoms with Gasteiger partial charge in [0.25, 0.3) is 17.7 Å². The minimum Gasteiger partial charge on any atom is -0.507 e. The lowest BCUT2D eigenvalue weighted by atomic mass is 10.0. The highest BCUT2D eigenvalue weighted by Crippen LogP contribution is 2.41. The van der Waals surface area contributed by atoms with Gasteiger partial charge in [0.1, 0.15) is 24.1 Å². The Labute approximate surface area is 449 Å². The molecule has 1 atom stereocenters. The van der Waals surface area contributed by atoms with E-state index in [4.69, 9.17) is 23.7 Å². The summed E-state index contributed by atoms with van der Waals surface area (Å²) < 4.78 is 27.5. The van der Waals surface area contributed by atoms with Crippen molar-refractivity contribution in [3.63, 3.8) is 0 Å². The maximum atomic E-state index is 13.9. The first-order valence-corrected chi connectivity index (χ1v) is 26.0. The van der Waals surface area contributed by atoms with Gasteiger partial charge in [-0.1, -0.05) is 50.2 Å². The van der Waals surface area contributed by atoms with Crippen molar-refractivity contribution in [2.24, 2.45) is 5.92 Å². The molecule has 6 N–H and O–H groups in total. The molecule has 22 heteroatoms. The molecule has 412 valence electrons. The van der Waals surface area contributed by atoms with Gasteiger partial charge >= 0.3 is 6.09 Å². The number of amides is 8. The number of imide groups is 1. The molecule has 0 unspecified atom stereocenters. The Kier molecular flexibility index (Phi) is 19.2. The summed E-state index contributed by atoms with van der Waals surface area (Å²) in [6.45, 7) is 6.57. The van der Waals surface area contributed by atoms with Crippen LogP contribution in [0.4, 0.5) is 21.9 Å². The molecule has 5 aromatic rings. The van der Waals surface area contributed by atoms with Gasteiger partial charge in [-0.2, -0.15) is 0 Å². The molecular weight excluding hydrogens is 1010 g/mol. The average molecular weight is 1070 g/mol. The van der Waals surface area contributed by atoms with Crippen molar-refractivity contribution < 1.29 is 67.1 Å². The standard InChI is InChI=1S/C56H64N8O14/c1-35(2)53(61-49(67)18-23-74-25-27-76-29-30-77-28-26-75-24-19-57-48(66)17-22-64-51(69)13-14-52(64)70)54(71)58-33-50(68)59-37-9-7-36(8-10-37)34-78-56(73)63-21-16-40-42-31-44(60-43(42)11-12-45(40)63)55(72)62-20-15-39-38-5-3-4-6-41(38)47(65)32-46(39)62/h3-14,31-32,35,53,60,65H,15-30,33-34H2,1-2H3,(H,57,66)(H,58,71)(H,59,68)(H,61,67)/t53-/m0/s1. The molecule has 4 heterocycles. The van der Waals surface area contributed by atoms with E-state index in [0.717, 1.165) is 37.7 Å². The predicted molar refractivity (Wildman–Crippen MR) is 287 cm³/mol. The molecule has 3 aliphatic heterocycles. The zero-order chi connectivity index (χ0) is 55.1. The van der Waals surface area contributed by atoms with E-state index in [9.17, 15) is 43.5 Å². The Balaban J connectivity index is 0.663. The third kappa shape index (κ3) is 14.2. The largest absolute Gasteiger partial charge is 0.507 e. The molecule has 3 aliphatic rings. The summed E-state index contributed by atoms with van der Waals surface area (Å²) in [4.78, 5) is 108. The third-order valence-electron chi connectivity index (χ3n) is 13.4. The zero-order valence-corrected chi connectivity index (χ0v) is 43.6. The normalized spacial score (nSPS) is 14.1. The molecule has 4 aromatic carbocycles. The average Bonchev–Trinajstić information content (AvgIpc) is 4.28. The quantitative estimate of drug-likeness (QED) is 0.0321. The Morgan fingerprint density at radius 1 is 0.667 bits per heavy atom. The number of hydrogen-bond donors (Lipinski definition) is 6. The van der Waals surface area contributed by atoms with Crippen LogP contribution in [0.25, 0.3) is 21.7 Å². The summed E-state index contributed by atoms with van der Waals surface area (Å²) in [7, 11) is 0. The Morgan fingerprint density at radius 2 is 1.31 bits per heavy atom. The van der Waals surface area contributed by atoms with E-state index in [0.29, 0.717) is 80.7 Å². The van der Waals surface area contributed by atoms with Crippen molar-refractivity contribution in [2.75, 3.05) is 101 Å². The highest BCUT2D eigenvalue weighted by molar-refractivity contribution is 6.13. The lowest BCUT2D eigenvalue weighted by Crippen LogP contribution is -2.51. The molecule has 22 nitrogen and oxygen atoms in total.